The third kappa shape index (κ3) is 3.23. The fraction of sp³-hybridized carbons (Fsp3) is 0.588. The molecule has 0 radical (unpaired) electrons. The highest BCUT2D eigenvalue weighted by Gasteiger charge is 2.28. The summed E-state index contributed by atoms with van der Waals surface area (Å²) >= 11 is 1.35. The van der Waals surface area contributed by atoms with Gasteiger partial charge in [-0.3, -0.25) is 0 Å². The summed E-state index contributed by atoms with van der Waals surface area (Å²) in [6.45, 7) is 4.29. The number of hydrogen-bond donors (Lipinski definition) is 2. The molecule has 7 heteroatoms. The van der Waals surface area contributed by atoms with E-state index in [1.54, 1.807) is 6.92 Å². The number of ether oxygens (including phenoxy) is 1. The molecular formula is C17H23N3O3S. The first-order valence-corrected chi connectivity index (χ1v) is 9.26. The maximum Gasteiger partial charge on any atom is 0.348 e. The molecule has 6 nitrogen and oxygen atoms in total. The Balaban J connectivity index is 1.92. The van der Waals surface area contributed by atoms with Gasteiger partial charge in [-0.05, 0) is 44.6 Å². The third-order valence-electron chi connectivity index (χ3n) is 4.67. The Morgan fingerprint density at radius 1 is 1.46 bits per heavy atom. The molecule has 0 bridgehead atoms. The van der Waals surface area contributed by atoms with Crippen molar-refractivity contribution in [3.63, 3.8) is 0 Å². The van der Waals surface area contributed by atoms with Crippen LogP contribution in [0.2, 0.25) is 0 Å². The number of carbonyl (C=O) groups excluding carboxylic acids is 1. The predicted molar refractivity (Wildman–Crippen MR) is 94.6 cm³/mol. The van der Waals surface area contributed by atoms with E-state index >= 15 is 0 Å². The van der Waals surface area contributed by atoms with Gasteiger partial charge in [-0.15, -0.1) is 11.3 Å². The van der Waals surface area contributed by atoms with Crippen LogP contribution in [0.15, 0.2) is 6.33 Å². The van der Waals surface area contributed by atoms with E-state index < -0.39 is 0 Å². The zero-order valence-electron chi connectivity index (χ0n) is 14.0. The lowest BCUT2D eigenvalue weighted by molar-refractivity contribution is 0.0531. The second-order valence-electron chi connectivity index (χ2n) is 6.13. The average molecular weight is 349 g/mol. The lowest BCUT2D eigenvalue weighted by Crippen LogP contribution is -2.25. The number of anilines is 1. The van der Waals surface area contributed by atoms with Gasteiger partial charge in [0.2, 0.25) is 0 Å². The minimum atomic E-state index is -0.303. The molecule has 2 N–H and O–H groups in total. The van der Waals surface area contributed by atoms with Crippen LogP contribution in [0.5, 0.6) is 0 Å². The molecule has 1 aliphatic carbocycles. The molecule has 130 valence electrons. The van der Waals surface area contributed by atoms with E-state index in [1.807, 2.05) is 6.92 Å². The number of aliphatic hydroxyl groups excluding tert-OH is 1. The molecule has 1 saturated carbocycles. The molecule has 1 fully saturated rings. The van der Waals surface area contributed by atoms with Gasteiger partial charge in [0.05, 0.1) is 12.0 Å². The van der Waals surface area contributed by atoms with E-state index in [1.165, 1.54) is 17.7 Å². The molecule has 0 spiro atoms. The van der Waals surface area contributed by atoms with E-state index in [0.29, 0.717) is 23.4 Å². The van der Waals surface area contributed by atoms with Crippen molar-refractivity contribution in [3.8, 4) is 0 Å². The first-order valence-electron chi connectivity index (χ1n) is 8.44. The van der Waals surface area contributed by atoms with Crippen LogP contribution < -0.4 is 5.32 Å². The minimum absolute atomic E-state index is 0.215. The summed E-state index contributed by atoms with van der Waals surface area (Å²) in [5.41, 5.74) is 0.869. The Bertz CT molecular complexity index is 731. The number of esters is 1. The molecule has 0 aliphatic heterocycles. The Hall–Kier alpha value is -1.73. The van der Waals surface area contributed by atoms with Crippen LogP contribution in [0.25, 0.3) is 10.2 Å². The molecule has 3 rings (SSSR count). The Morgan fingerprint density at radius 2 is 2.29 bits per heavy atom. The van der Waals surface area contributed by atoms with Crippen molar-refractivity contribution in [2.45, 2.75) is 45.6 Å². The summed E-state index contributed by atoms with van der Waals surface area (Å²) in [4.78, 5) is 22.2. The van der Waals surface area contributed by atoms with E-state index in [0.717, 1.165) is 47.3 Å². The smallest absolute Gasteiger partial charge is 0.348 e. The number of nitrogens with zero attached hydrogens (tertiary/aromatic N) is 2. The second-order valence-corrected chi connectivity index (χ2v) is 7.13. The number of nitrogens with one attached hydrogen (secondary N) is 1. The molecule has 2 aromatic heterocycles. The van der Waals surface area contributed by atoms with Gasteiger partial charge in [0.15, 0.2) is 0 Å². The number of thiophene rings is 1. The summed E-state index contributed by atoms with van der Waals surface area (Å²) in [5.74, 6) is 0.936. The Kier molecular flexibility index (Phi) is 5.30. The summed E-state index contributed by atoms with van der Waals surface area (Å²) < 4.78 is 5.14. The Labute approximate surface area is 145 Å². The third-order valence-corrected chi connectivity index (χ3v) is 5.85. The lowest BCUT2D eigenvalue weighted by atomic mass is 10.00. The standard InChI is InChI=1S/C17H23N3O3S/c1-3-23-17(22)14-10(2)13-15(18-9-19-16(13)24-14)20-12-6-4-5-11(12)7-8-21/h9,11-12,21H,3-8H2,1-2H3,(H,18,19,20). The van der Waals surface area contributed by atoms with Gasteiger partial charge in [-0.2, -0.15) is 0 Å². The summed E-state index contributed by atoms with van der Waals surface area (Å²) in [7, 11) is 0. The van der Waals surface area contributed by atoms with Gasteiger partial charge < -0.3 is 15.2 Å². The van der Waals surface area contributed by atoms with Crippen molar-refractivity contribution < 1.29 is 14.6 Å². The zero-order chi connectivity index (χ0) is 17.1. The molecule has 0 amide bonds. The van der Waals surface area contributed by atoms with Gasteiger partial charge in [-0.1, -0.05) is 6.42 Å². The number of hydrogen-bond acceptors (Lipinski definition) is 7. The number of aromatic nitrogens is 2. The molecule has 2 aromatic rings. The van der Waals surface area contributed by atoms with E-state index in [-0.39, 0.29) is 12.6 Å². The fourth-order valence-electron chi connectivity index (χ4n) is 3.49. The highest BCUT2D eigenvalue weighted by atomic mass is 32.1. The van der Waals surface area contributed by atoms with Crippen molar-refractivity contribution in [2.24, 2.45) is 5.92 Å². The summed E-state index contributed by atoms with van der Waals surface area (Å²) in [6, 6.07) is 0.306. The number of rotatable bonds is 6. The van der Waals surface area contributed by atoms with Crippen molar-refractivity contribution in [3.05, 3.63) is 16.8 Å². The number of aliphatic hydroxyl groups is 1. The quantitative estimate of drug-likeness (QED) is 0.780. The topological polar surface area (TPSA) is 84.3 Å². The van der Waals surface area contributed by atoms with Crippen molar-refractivity contribution in [2.75, 3.05) is 18.5 Å². The maximum atomic E-state index is 12.1. The van der Waals surface area contributed by atoms with Crippen molar-refractivity contribution in [1.82, 2.24) is 9.97 Å². The first kappa shape index (κ1) is 17.1. The Morgan fingerprint density at radius 3 is 3.04 bits per heavy atom. The largest absolute Gasteiger partial charge is 0.462 e. The predicted octanol–water partition coefficient (Wildman–Crippen LogP) is 3.14. The van der Waals surface area contributed by atoms with E-state index in [9.17, 15) is 9.90 Å². The van der Waals surface area contributed by atoms with Crippen LogP contribution in [0.4, 0.5) is 5.82 Å². The molecule has 24 heavy (non-hydrogen) atoms. The van der Waals surface area contributed by atoms with Crippen molar-refractivity contribution in [1.29, 1.82) is 0 Å². The van der Waals surface area contributed by atoms with Gasteiger partial charge in [0.25, 0.3) is 0 Å². The van der Waals surface area contributed by atoms with Gasteiger partial charge in [0.1, 0.15) is 21.9 Å². The maximum absolute atomic E-state index is 12.1. The average Bonchev–Trinajstić information content (AvgIpc) is 3.14. The van der Waals surface area contributed by atoms with Crippen LogP contribution >= 0.6 is 11.3 Å². The molecule has 2 unspecified atom stereocenters. The van der Waals surface area contributed by atoms with Gasteiger partial charge in [0, 0.05) is 12.6 Å². The van der Waals surface area contributed by atoms with Crippen LogP contribution in [-0.2, 0) is 4.74 Å². The fourth-order valence-corrected chi connectivity index (χ4v) is 4.53. The summed E-state index contributed by atoms with van der Waals surface area (Å²) in [6.07, 6.45) is 5.70. The monoisotopic (exact) mass is 349 g/mol. The van der Waals surface area contributed by atoms with Gasteiger partial charge in [-0.25, -0.2) is 14.8 Å². The second kappa shape index (κ2) is 7.44. The molecule has 2 atom stereocenters. The number of aryl methyl sites for hydroxylation is 1. The number of fused-ring (bicyclic) bond motifs is 1. The SMILES string of the molecule is CCOC(=O)c1sc2ncnc(NC3CCCC3CCO)c2c1C. The molecule has 1 aliphatic rings. The molecule has 0 aromatic carbocycles. The lowest BCUT2D eigenvalue weighted by Gasteiger charge is -2.21. The molecular weight excluding hydrogens is 326 g/mol. The highest BCUT2D eigenvalue weighted by Crippen LogP contribution is 2.36. The van der Waals surface area contributed by atoms with Crippen LogP contribution in [0, 0.1) is 12.8 Å². The minimum Gasteiger partial charge on any atom is -0.462 e. The van der Waals surface area contributed by atoms with Gasteiger partial charge >= 0.3 is 5.97 Å². The molecule has 0 saturated heterocycles. The van der Waals surface area contributed by atoms with Crippen molar-refractivity contribution >= 4 is 33.3 Å². The van der Waals surface area contributed by atoms with Crippen LogP contribution in [0.1, 0.15) is 47.8 Å². The van der Waals surface area contributed by atoms with Crippen LogP contribution in [-0.4, -0.2) is 40.3 Å². The summed E-state index contributed by atoms with van der Waals surface area (Å²) in [5, 5.41) is 13.7. The molecule has 2 heterocycles. The van der Waals surface area contributed by atoms with E-state index in [4.69, 9.17) is 4.74 Å². The normalized spacial score (nSPS) is 20.5. The number of carbonyl (C=O) groups is 1. The first-order chi connectivity index (χ1) is 11.7. The van der Waals surface area contributed by atoms with E-state index in [2.05, 4.69) is 15.3 Å². The van der Waals surface area contributed by atoms with Crippen LogP contribution in [0.3, 0.4) is 0 Å². The zero-order valence-corrected chi connectivity index (χ0v) is 14.9. The highest BCUT2D eigenvalue weighted by molar-refractivity contribution is 7.20.